The Labute approximate surface area is 190 Å². The molecule has 0 fully saturated rings. The molecule has 0 aromatic carbocycles. The van der Waals surface area contributed by atoms with E-state index in [-0.39, 0.29) is 39.6 Å². The molecule has 0 saturated heterocycles. The predicted molar refractivity (Wildman–Crippen MR) is 112 cm³/mol. The molecule has 4 heterocycles. The molecule has 11 nitrogen and oxygen atoms in total. The number of hydroxylamine groups is 1. The fourth-order valence-corrected chi connectivity index (χ4v) is 4.40. The SMILES string of the molecule is CCS(=O)(=O)c1nn2c(C(=O)NOC)cc(C)nc2c1-c1nc2cc(C(F)(F)F)cnc2n1C. The van der Waals surface area contributed by atoms with Crippen molar-refractivity contribution < 1.29 is 31.2 Å². The number of carbonyl (C=O) groups is 1. The summed E-state index contributed by atoms with van der Waals surface area (Å²) in [6.07, 6.45) is -3.97. The van der Waals surface area contributed by atoms with Crippen LogP contribution in [0, 0.1) is 6.92 Å². The Hall–Kier alpha value is -3.59. The van der Waals surface area contributed by atoms with E-state index in [1.807, 2.05) is 0 Å². The Bertz CT molecular complexity index is 1560. The average molecular weight is 497 g/mol. The molecule has 0 saturated carbocycles. The number of rotatable bonds is 5. The smallest absolute Gasteiger partial charge is 0.312 e. The lowest BCUT2D eigenvalue weighted by Crippen LogP contribution is -2.25. The number of alkyl halides is 3. The summed E-state index contributed by atoms with van der Waals surface area (Å²) in [5.74, 6) is -1.07. The van der Waals surface area contributed by atoms with Crippen LogP contribution >= 0.6 is 0 Å². The zero-order valence-corrected chi connectivity index (χ0v) is 19.1. The number of carbonyl (C=O) groups excluding carboxylic acids is 1. The average Bonchev–Trinajstić information content (AvgIpc) is 3.30. The van der Waals surface area contributed by atoms with Gasteiger partial charge in [-0.2, -0.15) is 18.3 Å². The molecule has 4 aromatic rings. The summed E-state index contributed by atoms with van der Waals surface area (Å²) in [7, 11) is -1.27. The van der Waals surface area contributed by atoms with Crippen molar-refractivity contribution in [3.63, 3.8) is 0 Å². The van der Waals surface area contributed by atoms with Gasteiger partial charge in [0.15, 0.2) is 26.2 Å². The van der Waals surface area contributed by atoms with E-state index in [9.17, 15) is 26.4 Å². The van der Waals surface area contributed by atoms with Gasteiger partial charge < -0.3 is 4.57 Å². The second-order valence-electron chi connectivity index (χ2n) is 7.30. The molecule has 34 heavy (non-hydrogen) atoms. The maximum atomic E-state index is 13.2. The van der Waals surface area contributed by atoms with Gasteiger partial charge in [-0.05, 0) is 19.1 Å². The van der Waals surface area contributed by atoms with Crippen molar-refractivity contribution in [2.75, 3.05) is 12.9 Å². The molecule has 0 unspecified atom stereocenters. The van der Waals surface area contributed by atoms with Gasteiger partial charge in [-0.25, -0.2) is 33.4 Å². The highest BCUT2D eigenvalue weighted by Gasteiger charge is 2.34. The number of aryl methyl sites for hydroxylation is 2. The summed E-state index contributed by atoms with van der Waals surface area (Å²) in [6.45, 7) is 2.99. The molecule has 4 rings (SSSR count). The number of pyridine rings is 1. The minimum absolute atomic E-state index is 0.0253. The fourth-order valence-electron chi connectivity index (χ4n) is 3.43. The number of halogens is 3. The Kier molecular flexibility index (Phi) is 5.56. The monoisotopic (exact) mass is 497 g/mol. The first-order valence-corrected chi connectivity index (χ1v) is 11.4. The lowest BCUT2D eigenvalue weighted by molar-refractivity contribution is -0.137. The lowest BCUT2D eigenvalue weighted by Gasteiger charge is -2.06. The number of nitrogens with one attached hydrogen (secondary N) is 1. The van der Waals surface area contributed by atoms with Crippen LogP contribution in [0.25, 0.3) is 28.2 Å². The topological polar surface area (TPSA) is 133 Å². The molecule has 0 radical (unpaired) electrons. The molecular weight excluding hydrogens is 479 g/mol. The number of amides is 1. The quantitative estimate of drug-likeness (QED) is 0.415. The van der Waals surface area contributed by atoms with Crippen molar-refractivity contribution in [1.82, 2.24) is 34.6 Å². The molecule has 1 amide bonds. The first-order valence-electron chi connectivity index (χ1n) is 9.75. The van der Waals surface area contributed by atoms with Crippen LogP contribution in [-0.4, -0.2) is 56.3 Å². The van der Waals surface area contributed by atoms with Gasteiger partial charge in [-0.15, -0.1) is 0 Å². The summed E-state index contributed by atoms with van der Waals surface area (Å²) in [5.41, 5.74) is 1.32. The molecule has 1 N–H and O–H groups in total. The van der Waals surface area contributed by atoms with Crippen LogP contribution < -0.4 is 5.48 Å². The number of sulfone groups is 1. The van der Waals surface area contributed by atoms with E-state index in [0.29, 0.717) is 11.9 Å². The predicted octanol–water partition coefficient (Wildman–Crippen LogP) is 2.09. The van der Waals surface area contributed by atoms with Gasteiger partial charge in [-0.1, -0.05) is 6.92 Å². The van der Waals surface area contributed by atoms with Crippen LogP contribution in [0.4, 0.5) is 13.2 Å². The van der Waals surface area contributed by atoms with Crippen molar-refractivity contribution in [2.45, 2.75) is 25.0 Å². The fraction of sp³-hybridized carbons (Fsp3) is 0.316. The summed E-state index contributed by atoms with van der Waals surface area (Å²) in [6, 6.07) is 2.20. The molecule has 4 aromatic heterocycles. The standard InChI is InChI=1S/C19H18F3N7O4S/c1-5-34(31,32)18-13(16-24-9(2)6-12(29(16)26-18)17(30)27-33-4)15-25-11-7-10(19(20,21)22)8-23-14(11)28(15)3/h6-8H,5H2,1-4H3,(H,27,30). The Morgan fingerprint density at radius 3 is 2.53 bits per heavy atom. The van der Waals surface area contributed by atoms with Gasteiger partial charge >= 0.3 is 6.18 Å². The third-order valence-electron chi connectivity index (χ3n) is 5.05. The second-order valence-corrected chi connectivity index (χ2v) is 9.49. The van der Waals surface area contributed by atoms with Crippen molar-refractivity contribution in [1.29, 1.82) is 0 Å². The van der Waals surface area contributed by atoms with Gasteiger partial charge in [0.1, 0.15) is 22.6 Å². The van der Waals surface area contributed by atoms with Crippen LogP contribution in [0.15, 0.2) is 23.4 Å². The van der Waals surface area contributed by atoms with Crippen molar-refractivity contribution in [3.8, 4) is 11.4 Å². The maximum Gasteiger partial charge on any atom is 0.417 e. The number of hydrogen-bond donors (Lipinski definition) is 1. The zero-order chi connectivity index (χ0) is 25.0. The molecule has 0 spiro atoms. The van der Waals surface area contributed by atoms with Crippen LogP contribution in [0.5, 0.6) is 0 Å². The maximum absolute atomic E-state index is 13.2. The number of aromatic nitrogens is 6. The lowest BCUT2D eigenvalue weighted by atomic mass is 10.2. The Morgan fingerprint density at radius 1 is 1.21 bits per heavy atom. The van der Waals surface area contributed by atoms with Gasteiger partial charge in [0.25, 0.3) is 5.91 Å². The summed E-state index contributed by atoms with van der Waals surface area (Å²) in [5, 5.41) is 3.72. The third-order valence-corrected chi connectivity index (χ3v) is 6.68. The van der Waals surface area contributed by atoms with Crippen molar-refractivity contribution >= 4 is 32.6 Å². The van der Waals surface area contributed by atoms with E-state index in [2.05, 4.69) is 30.4 Å². The van der Waals surface area contributed by atoms with E-state index in [4.69, 9.17) is 0 Å². The van der Waals surface area contributed by atoms with Gasteiger partial charge in [0.2, 0.25) is 0 Å². The minimum Gasteiger partial charge on any atom is -0.312 e. The number of hydrogen-bond acceptors (Lipinski definition) is 8. The molecule has 0 atom stereocenters. The first-order chi connectivity index (χ1) is 15.9. The Morgan fingerprint density at radius 2 is 1.91 bits per heavy atom. The van der Waals surface area contributed by atoms with Gasteiger partial charge in [-0.3, -0.25) is 9.63 Å². The van der Waals surface area contributed by atoms with E-state index >= 15 is 0 Å². The van der Waals surface area contributed by atoms with E-state index in [0.717, 1.165) is 10.6 Å². The molecule has 0 bridgehead atoms. The van der Waals surface area contributed by atoms with Crippen LogP contribution in [0.1, 0.15) is 28.7 Å². The normalized spacial score (nSPS) is 12.6. The highest BCUT2D eigenvalue weighted by atomic mass is 32.2. The van der Waals surface area contributed by atoms with E-state index in [1.54, 1.807) is 6.92 Å². The van der Waals surface area contributed by atoms with Crippen molar-refractivity contribution in [3.05, 3.63) is 35.3 Å². The van der Waals surface area contributed by atoms with Crippen LogP contribution in [-0.2, 0) is 27.9 Å². The van der Waals surface area contributed by atoms with Crippen LogP contribution in [0.3, 0.4) is 0 Å². The molecule has 180 valence electrons. The first kappa shape index (κ1) is 23.6. The van der Waals surface area contributed by atoms with Gasteiger partial charge in [0, 0.05) is 18.9 Å². The van der Waals surface area contributed by atoms with Crippen molar-refractivity contribution in [2.24, 2.45) is 7.05 Å². The van der Waals surface area contributed by atoms with E-state index in [1.165, 1.54) is 31.7 Å². The molecule has 0 aliphatic rings. The number of fused-ring (bicyclic) bond motifs is 2. The third kappa shape index (κ3) is 3.75. The minimum atomic E-state index is -4.64. The highest BCUT2D eigenvalue weighted by molar-refractivity contribution is 7.91. The molecule has 15 heteroatoms. The highest BCUT2D eigenvalue weighted by Crippen LogP contribution is 2.35. The summed E-state index contributed by atoms with van der Waals surface area (Å²) in [4.78, 5) is 29.6. The molecule has 0 aliphatic carbocycles. The summed E-state index contributed by atoms with van der Waals surface area (Å²) >= 11 is 0. The summed E-state index contributed by atoms with van der Waals surface area (Å²) < 4.78 is 67.8. The zero-order valence-electron chi connectivity index (χ0n) is 18.3. The number of imidazole rings is 1. The molecular formula is C19H18F3N7O4S. The number of nitrogens with zero attached hydrogens (tertiary/aromatic N) is 6. The second kappa shape index (κ2) is 8.02. The molecule has 0 aliphatic heterocycles. The van der Waals surface area contributed by atoms with Crippen LogP contribution in [0.2, 0.25) is 0 Å². The van der Waals surface area contributed by atoms with Gasteiger partial charge in [0.05, 0.1) is 18.4 Å². The Balaban J connectivity index is 2.11. The van der Waals surface area contributed by atoms with E-state index < -0.39 is 32.5 Å². The largest absolute Gasteiger partial charge is 0.417 e.